The zero-order valence-corrected chi connectivity index (χ0v) is 17.1. The molecular weight excluding hydrogens is 417 g/mol. The molecule has 4 aromatic rings. The Kier molecular flexibility index (Phi) is 4.52. The highest BCUT2D eigenvalue weighted by Crippen LogP contribution is 2.37. The first-order valence-electron chi connectivity index (χ1n) is 9.62. The number of aromatic nitrogens is 2. The summed E-state index contributed by atoms with van der Waals surface area (Å²) in [4.78, 5) is 35.9. The van der Waals surface area contributed by atoms with E-state index in [1.165, 1.54) is 17.2 Å². The second-order valence-corrected chi connectivity index (χ2v) is 7.74. The van der Waals surface area contributed by atoms with Gasteiger partial charge in [-0.1, -0.05) is 35.9 Å². The van der Waals surface area contributed by atoms with Crippen LogP contribution in [0.3, 0.4) is 0 Å². The van der Waals surface area contributed by atoms with Gasteiger partial charge in [0.2, 0.25) is 0 Å². The Morgan fingerprint density at radius 3 is 2.35 bits per heavy atom. The summed E-state index contributed by atoms with van der Waals surface area (Å²) in [6, 6.07) is 14.6. The van der Waals surface area contributed by atoms with Crippen molar-refractivity contribution >= 4 is 34.3 Å². The van der Waals surface area contributed by atoms with Crippen LogP contribution in [-0.2, 0) is 0 Å². The van der Waals surface area contributed by atoms with Gasteiger partial charge in [0.25, 0.3) is 11.8 Å². The molecule has 1 unspecified atom stereocenters. The lowest BCUT2D eigenvalue weighted by Crippen LogP contribution is -2.33. The van der Waals surface area contributed by atoms with Crippen molar-refractivity contribution in [3.8, 4) is 11.3 Å². The number of imide groups is 1. The van der Waals surface area contributed by atoms with Gasteiger partial charge in [0.1, 0.15) is 5.82 Å². The molecule has 0 spiro atoms. The van der Waals surface area contributed by atoms with Gasteiger partial charge in [0.05, 0.1) is 39.6 Å². The molecule has 7 heteroatoms. The second kappa shape index (κ2) is 7.25. The maximum absolute atomic E-state index is 13.9. The van der Waals surface area contributed by atoms with Gasteiger partial charge in [-0.2, -0.15) is 0 Å². The number of nitrogens with zero attached hydrogens (tertiary/aromatic N) is 3. The van der Waals surface area contributed by atoms with Crippen LogP contribution in [0, 0.1) is 5.82 Å². The standard InChI is InChI=1S/C24H15ClFN3O2/c1-13(29-23(30)17-6-2-3-7-18(17)24(29)31)19-10-14-5-4-8-20(25)22(14)28-21(19)15-9-16(26)12-27-11-15/h2-13H,1H3. The van der Waals surface area contributed by atoms with Gasteiger partial charge in [-0.3, -0.25) is 19.5 Å². The highest BCUT2D eigenvalue weighted by Gasteiger charge is 2.39. The quantitative estimate of drug-likeness (QED) is 0.405. The molecule has 0 saturated heterocycles. The molecule has 0 fully saturated rings. The summed E-state index contributed by atoms with van der Waals surface area (Å²) in [5, 5.41) is 1.20. The molecule has 5 rings (SSSR count). The van der Waals surface area contributed by atoms with Crippen molar-refractivity contribution in [2.75, 3.05) is 0 Å². The van der Waals surface area contributed by atoms with E-state index in [-0.39, 0.29) is 11.8 Å². The Morgan fingerprint density at radius 1 is 0.968 bits per heavy atom. The van der Waals surface area contributed by atoms with Crippen LogP contribution in [0.15, 0.2) is 67.0 Å². The summed E-state index contributed by atoms with van der Waals surface area (Å²) in [5.41, 5.74) is 2.71. The number of benzene rings is 2. The number of pyridine rings is 2. The molecule has 0 aliphatic carbocycles. The van der Waals surface area contributed by atoms with Gasteiger partial charge in [0.15, 0.2) is 0 Å². The topological polar surface area (TPSA) is 63.2 Å². The third kappa shape index (κ3) is 3.07. The zero-order valence-electron chi connectivity index (χ0n) is 16.3. The predicted octanol–water partition coefficient (Wildman–Crippen LogP) is 5.45. The lowest BCUT2D eigenvalue weighted by Gasteiger charge is -2.25. The fourth-order valence-electron chi connectivity index (χ4n) is 3.97. The smallest absolute Gasteiger partial charge is 0.262 e. The van der Waals surface area contributed by atoms with Gasteiger partial charge < -0.3 is 0 Å². The van der Waals surface area contributed by atoms with Crippen molar-refractivity contribution in [2.24, 2.45) is 0 Å². The third-order valence-corrected chi connectivity index (χ3v) is 5.77. The van der Waals surface area contributed by atoms with Crippen molar-refractivity contribution in [3.05, 3.63) is 94.5 Å². The average Bonchev–Trinajstić information content (AvgIpc) is 3.03. The molecule has 0 radical (unpaired) electrons. The Labute approximate surface area is 182 Å². The summed E-state index contributed by atoms with van der Waals surface area (Å²) in [6.45, 7) is 1.76. The summed E-state index contributed by atoms with van der Waals surface area (Å²) in [7, 11) is 0. The van der Waals surface area contributed by atoms with Crippen molar-refractivity contribution in [1.82, 2.24) is 14.9 Å². The molecule has 0 saturated carbocycles. The van der Waals surface area contributed by atoms with Gasteiger partial charge in [0, 0.05) is 22.7 Å². The zero-order chi connectivity index (χ0) is 21.7. The van der Waals surface area contributed by atoms with E-state index in [2.05, 4.69) is 9.97 Å². The van der Waals surface area contributed by atoms with E-state index in [1.54, 1.807) is 43.3 Å². The highest BCUT2D eigenvalue weighted by molar-refractivity contribution is 6.35. The molecule has 2 aromatic carbocycles. The van der Waals surface area contributed by atoms with Gasteiger partial charge in [-0.15, -0.1) is 0 Å². The predicted molar refractivity (Wildman–Crippen MR) is 115 cm³/mol. The third-order valence-electron chi connectivity index (χ3n) is 5.47. The molecule has 1 aliphatic heterocycles. The summed E-state index contributed by atoms with van der Waals surface area (Å²) in [5.74, 6) is -1.26. The summed E-state index contributed by atoms with van der Waals surface area (Å²) < 4.78 is 13.9. The van der Waals surface area contributed by atoms with Crippen LogP contribution >= 0.6 is 11.6 Å². The fraction of sp³-hybridized carbons (Fsp3) is 0.0833. The minimum absolute atomic E-state index is 0.366. The molecule has 3 heterocycles. The van der Waals surface area contributed by atoms with Gasteiger partial charge >= 0.3 is 0 Å². The molecule has 0 N–H and O–H groups in total. The van der Waals surface area contributed by atoms with Crippen LogP contribution in [-0.4, -0.2) is 26.7 Å². The first-order chi connectivity index (χ1) is 15.0. The normalized spacial score (nSPS) is 14.2. The van der Waals surface area contributed by atoms with Crippen LogP contribution < -0.4 is 0 Å². The molecular formula is C24H15ClFN3O2. The van der Waals surface area contributed by atoms with Gasteiger partial charge in [-0.05, 0) is 37.3 Å². The molecule has 2 amide bonds. The van der Waals surface area contributed by atoms with Crippen molar-refractivity contribution in [2.45, 2.75) is 13.0 Å². The molecule has 31 heavy (non-hydrogen) atoms. The van der Waals surface area contributed by atoms with E-state index >= 15 is 0 Å². The number of hydrogen-bond acceptors (Lipinski definition) is 4. The Hall–Kier alpha value is -3.64. The SMILES string of the molecule is CC(c1cc2cccc(Cl)c2nc1-c1cncc(F)c1)N1C(=O)c2ccccc2C1=O. The van der Waals surface area contributed by atoms with E-state index < -0.39 is 11.9 Å². The number of carbonyl (C=O) groups excluding carboxylic acids is 2. The number of rotatable bonds is 3. The second-order valence-electron chi connectivity index (χ2n) is 7.33. The Morgan fingerprint density at radius 2 is 1.68 bits per heavy atom. The number of carbonyl (C=O) groups is 2. The van der Waals surface area contributed by atoms with Crippen LogP contribution in [0.4, 0.5) is 4.39 Å². The maximum Gasteiger partial charge on any atom is 0.262 e. The average molecular weight is 432 g/mol. The van der Waals surface area contributed by atoms with Crippen molar-refractivity contribution < 1.29 is 14.0 Å². The van der Waals surface area contributed by atoms with Crippen molar-refractivity contribution in [3.63, 3.8) is 0 Å². The minimum Gasteiger partial charge on any atom is -0.269 e. The maximum atomic E-state index is 13.9. The number of halogens is 2. The molecule has 5 nitrogen and oxygen atoms in total. The van der Waals surface area contributed by atoms with Crippen LogP contribution in [0.25, 0.3) is 22.2 Å². The lowest BCUT2D eigenvalue weighted by atomic mass is 9.98. The van der Waals surface area contributed by atoms with E-state index in [0.29, 0.717) is 38.5 Å². The molecule has 0 bridgehead atoms. The molecule has 2 aromatic heterocycles. The minimum atomic E-state index is -0.651. The Balaban J connectivity index is 1.71. The highest BCUT2D eigenvalue weighted by atomic mass is 35.5. The van der Waals surface area contributed by atoms with Gasteiger partial charge in [-0.25, -0.2) is 9.37 Å². The first-order valence-corrected chi connectivity index (χ1v) is 10.0. The number of amides is 2. The monoisotopic (exact) mass is 431 g/mol. The van der Waals surface area contributed by atoms with E-state index in [4.69, 9.17) is 11.6 Å². The van der Waals surface area contributed by atoms with Crippen molar-refractivity contribution in [1.29, 1.82) is 0 Å². The summed E-state index contributed by atoms with van der Waals surface area (Å²) >= 11 is 6.34. The van der Waals surface area contributed by atoms with E-state index in [0.717, 1.165) is 11.6 Å². The number of fused-ring (bicyclic) bond motifs is 2. The first kappa shape index (κ1) is 19.3. The van der Waals surface area contributed by atoms with E-state index in [1.807, 2.05) is 12.1 Å². The lowest BCUT2D eigenvalue weighted by molar-refractivity contribution is 0.0595. The summed E-state index contributed by atoms with van der Waals surface area (Å²) in [6.07, 6.45) is 2.59. The van der Waals surface area contributed by atoms with Crippen LogP contribution in [0.2, 0.25) is 5.02 Å². The molecule has 152 valence electrons. The van der Waals surface area contributed by atoms with Crippen LogP contribution in [0.5, 0.6) is 0 Å². The fourth-order valence-corrected chi connectivity index (χ4v) is 4.19. The largest absolute Gasteiger partial charge is 0.269 e. The Bertz CT molecular complexity index is 1350. The number of para-hydroxylation sites is 1. The molecule has 1 aliphatic rings. The number of hydrogen-bond donors (Lipinski definition) is 0. The van der Waals surface area contributed by atoms with Crippen LogP contribution in [0.1, 0.15) is 39.2 Å². The van der Waals surface area contributed by atoms with E-state index in [9.17, 15) is 14.0 Å². The molecule has 1 atom stereocenters.